The summed E-state index contributed by atoms with van der Waals surface area (Å²) >= 11 is 1.49. The predicted octanol–water partition coefficient (Wildman–Crippen LogP) is 4.32. The molecule has 0 radical (unpaired) electrons. The molecule has 1 aromatic heterocycles. The fourth-order valence-electron chi connectivity index (χ4n) is 2.28. The number of carbonyl (C=O) groups is 2. The fraction of sp³-hybridized carbons (Fsp3) is 0. The van der Waals surface area contributed by atoms with Gasteiger partial charge >= 0.3 is 0 Å². The van der Waals surface area contributed by atoms with Crippen molar-refractivity contribution in [3.8, 4) is 0 Å². The Morgan fingerprint density at radius 3 is 2.20 bits per heavy atom. The first kappa shape index (κ1) is 16.8. The fourth-order valence-corrected chi connectivity index (χ4v) is 3.27. The molecule has 25 heavy (non-hydrogen) atoms. The third kappa shape index (κ3) is 4.29. The molecule has 3 rings (SSSR count). The largest absolute Gasteiger partial charge is 0.288 e. The van der Waals surface area contributed by atoms with Crippen molar-refractivity contribution in [3.05, 3.63) is 82.8 Å². The second-order valence-corrected chi connectivity index (χ2v) is 6.41. The van der Waals surface area contributed by atoms with E-state index in [1.54, 1.807) is 18.2 Å². The quantitative estimate of drug-likeness (QED) is 0.312. The van der Waals surface area contributed by atoms with E-state index in [2.05, 4.69) is 0 Å². The van der Waals surface area contributed by atoms with E-state index in [-0.39, 0.29) is 5.78 Å². The minimum Gasteiger partial charge on any atom is -0.288 e. The molecule has 0 bridgehead atoms. The molecule has 2 N–H and O–H groups in total. The molecule has 0 saturated carbocycles. The number of amides is 1. The Balaban J connectivity index is 1.69. The van der Waals surface area contributed by atoms with Crippen LogP contribution in [0.2, 0.25) is 0 Å². The van der Waals surface area contributed by atoms with E-state index in [0.717, 1.165) is 21.2 Å². The van der Waals surface area contributed by atoms with Gasteiger partial charge < -0.3 is 0 Å². The average molecular weight is 349 g/mol. The van der Waals surface area contributed by atoms with Crippen molar-refractivity contribution in [1.82, 2.24) is 5.48 Å². The molecule has 1 amide bonds. The molecule has 2 aromatic carbocycles. The van der Waals surface area contributed by atoms with Crippen LogP contribution in [0.3, 0.4) is 0 Å². The smallest absolute Gasteiger partial charge is 0.267 e. The molecular weight excluding hydrogens is 334 g/mol. The van der Waals surface area contributed by atoms with Crippen LogP contribution in [-0.4, -0.2) is 16.9 Å². The van der Waals surface area contributed by atoms with Crippen molar-refractivity contribution in [2.75, 3.05) is 0 Å². The standard InChI is InChI=1S/C20H15NO3S/c22-17(19-13-16-3-1-2-4-18(16)25-19)11-9-14-5-7-15(8-6-14)10-12-20(23)21-24/h1-13,24H,(H,21,23). The van der Waals surface area contributed by atoms with Gasteiger partial charge in [-0.25, -0.2) is 5.48 Å². The summed E-state index contributed by atoms with van der Waals surface area (Å²) in [7, 11) is 0. The summed E-state index contributed by atoms with van der Waals surface area (Å²) in [6, 6.07) is 17.2. The zero-order chi connectivity index (χ0) is 17.6. The van der Waals surface area contributed by atoms with Crippen LogP contribution in [0, 0.1) is 0 Å². The third-order valence-electron chi connectivity index (χ3n) is 3.57. The van der Waals surface area contributed by atoms with Crippen molar-refractivity contribution in [1.29, 1.82) is 0 Å². The molecule has 0 aliphatic heterocycles. The zero-order valence-corrected chi connectivity index (χ0v) is 14.0. The van der Waals surface area contributed by atoms with Crippen molar-refractivity contribution in [2.45, 2.75) is 0 Å². The number of thiophene rings is 1. The van der Waals surface area contributed by atoms with Gasteiger partial charge in [0.05, 0.1) is 4.88 Å². The van der Waals surface area contributed by atoms with Crippen LogP contribution in [0.4, 0.5) is 0 Å². The van der Waals surface area contributed by atoms with Gasteiger partial charge in [0.25, 0.3) is 5.91 Å². The topological polar surface area (TPSA) is 66.4 Å². The first-order valence-corrected chi connectivity index (χ1v) is 8.40. The Kier molecular flexibility index (Phi) is 5.18. The molecular formula is C20H15NO3S. The van der Waals surface area contributed by atoms with E-state index in [1.807, 2.05) is 54.6 Å². The highest BCUT2D eigenvalue weighted by molar-refractivity contribution is 7.21. The molecule has 0 saturated heterocycles. The van der Waals surface area contributed by atoms with Crippen molar-refractivity contribution >= 4 is 45.3 Å². The summed E-state index contributed by atoms with van der Waals surface area (Å²) in [5, 5.41) is 9.50. The molecule has 5 heteroatoms. The van der Waals surface area contributed by atoms with Gasteiger partial charge in [0.1, 0.15) is 0 Å². The Hall–Kier alpha value is -3.02. The summed E-state index contributed by atoms with van der Waals surface area (Å²) in [6.07, 6.45) is 6.15. The lowest BCUT2D eigenvalue weighted by Crippen LogP contribution is -2.14. The molecule has 4 nitrogen and oxygen atoms in total. The average Bonchev–Trinajstić information content (AvgIpc) is 3.09. The molecule has 0 aliphatic rings. The van der Waals surface area contributed by atoms with E-state index in [9.17, 15) is 9.59 Å². The summed E-state index contributed by atoms with van der Waals surface area (Å²) in [5.41, 5.74) is 3.23. The Morgan fingerprint density at radius 2 is 1.56 bits per heavy atom. The van der Waals surface area contributed by atoms with Crippen molar-refractivity contribution in [3.63, 3.8) is 0 Å². The maximum Gasteiger partial charge on any atom is 0.267 e. The molecule has 3 aromatic rings. The lowest BCUT2D eigenvalue weighted by atomic mass is 10.1. The maximum absolute atomic E-state index is 12.3. The maximum atomic E-state index is 12.3. The number of hydroxylamine groups is 1. The van der Waals surface area contributed by atoms with E-state index in [0.29, 0.717) is 4.88 Å². The monoisotopic (exact) mass is 349 g/mol. The molecule has 0 fully saturated rings. The normalized spacial score (nSPS) is 11.4. The second-order valence-electron chi connectivity index (χ2n) is 5.32. The van der Waals surface area contributed by atoms with E-state index < -0.39 is 5.91 Å². The molecule has 0 spiro atoms. The highest BCUT2D eigenvalue weighted by Gasteiger charge is 2.06. The van der Waals surface area contributed by atoms with Crippen LogP contribution in [0.1, 0.15) is 20.8 Å². The lowest BCUT2D eigenvalue weighted by molar-refractivity contribution is -0.124. The first-order valence-electron chi connectivity index (χ1n) is 7.59. The third-order valence-corrected chi connectivity index (χ3v) is 4.70. The predicted molar refractivity (Wildman–Crippen MR) is 101 cm³/mol. The number of allylic oxidation sites excluding steroid dienone is 1. The Labute approximate surface area is 148 Å². The molecule has 0 atom stereocenters. The number of rotatable bonds is 5. The van der Waals surface area contributed by atoms with Gasteiger partial charge in [0.2, 0.25) is 0 Å². The van der Waals surface area contributed by atoms with Crippen LogP contribution in [0.5, 0.6) is 0 Å². The molecule has 0 unspecified atom stereocenters. The summed E-state index contributed by atoms with van der Waals surface area (Å²) in [5.74, 6) is -0.609. The van der Waals surface area contributed by atoms with Crippen molar-refractivity contribution < 1.29 is 14.8 Å². The number of nitrogens with one attached hydrogen (secondary N) is 1. The van der Waals surface area contributed by atoms with Gasteiger partial charge in [-0.05, 0) is 40.8 Å². The molecule has 0 aliphatic carbocycles. The Morgan fingerprint density at radius 1 is 0.920 bits per heavy atom. The highest BCUT2D eigenvalue weighted by atomic mass is 32.1. The van der Waals surface area contributed by atoms with Crippen LogP contribution >= 0.6 is 11.3 Å². The van der Waals surface area contributed by atoms with E-state index in [4.69, 9.17) is 5.21 Å². The van der Waals surface area contributed by atoms with E-state index in [1.165, 1.54) is 22.9 Å². The van der Waals surface area contributed by atoms with E-state index >= 15 is 0 Å². The summed E-state index contributed by atoms with van der Waals surface area (Å²) < 4.78 is 1.10. The number of hydrogen-bond donors (Lipinski definition) is 2. The van der Waals surface area contributed by atoms with Gasteiger partial charge in [-0.15, -0.1) is 11.3 Å². The van der Waals surface area contributed by atoms with Crippen LogP contribution in [0.25, 0.3) is 22.2 Å². The minimum absolute atomic E-state index is 0.0233. The minimum atomic E-state index is -0.585. The van der Waals surface area contributed by atoms with Gasteiger partial charge in [0, 0.05) is 10.8 Å². The SMILES string of the molecule is O=C(C=Cc1ccc(C=CC(=O)c2cc3ccccc3s2)cc1)NO. The second kappa shape index (κ2) is 7.70. The number of carbonyl (C=O) groups excluding carboxylic acids is 2. The van der Waals surface area contributed by atoms with Gasteiger partial charge in [0.15, 0.2) is 5.78 Å². The van der Waals surface area contributed by atoms with Crippen LogP contribution < -0.4 is 5.48 Å². The van der Waals surface area contributed by atoms with Crippen LogP contribution in [-0.2, 0) is 4.79 Å². The van der Waals surface area contributed by atoms with Gasteiger partial charge in [-0.2, -0.15) is 0 Å². The first-order chi connectivity index (χ1) is 12.2. The van der Waals surface area contributed by atoms with Gasteiger partial charge in [-0.3, -0.25) is 14.8 Å². The number of hydrogen-bond acceptors (Lipinski definition) is 4. The zero-order valence-electron chi connectivity index (χ0n) is 13.2. The summed E-state index contributed by atoms with van der Waals surface area (Å²) in [6.45, 7) is 0. The molecule has 124 valence electrons. The highest BCUT2D eigenvalue weighted by Crippen LogP contribution is 2.25. The van der Waals surface area contributed by atoms with Crippen LogP contribution in [0.15, 0.2) is 66.7 Å². The summed E-state index contributed by atoms with van der Waals surface area (Å²) in [4.78, 5) is 24.0. The van der Waals surface area contributed by atoms with Crippen molar-refractivity contribution in [2.24, 2.45) is 0 Å². The Bertz CT molecular complexity index is 935. The number of benzene rings is 2. The number of fused-ring (bicyclic) bond motifs is 1. The van der Waals surface area contributed by atoms with Gasteiger partial charge in [-0.1, -0.05) is 48.5 Å². The number of ketones is 1. The molecule has 1 heterocycles. The lowest BCUT2D eigenvalue weighted by Gasteiger charge is -1.96.